The Bertz CT molecular complexity index is 723. The molecule has 3 N–H and O–H groups in total. The van der Waals surface area contributed by atoms with E-state index in [-0.39, 0.29) is 11.8 Å². The Kier molecular flexibility index (Phi) is 3.72. The van der Waals surface area contributed by atoms with Crippen LogP contribution < -0.4 is 11.1 Å². The first-order chi connectivity index (χ1) is 10.3. The van der Waals surface area contributed by atoms with Crippen molar-refractivity contribution < 1.29 is 4.79 Å². The number of hydrogen-bond acceptors (Lipinski definition) is 2. The number of carbonyl (C=O) groups is 1. The van der Waals surface area contributed by atoms with E-state index < -0.39 is 0 Å². The van der Waals surface area contributed by atoms with Crippen molar-refractivity contribution in [1.29, 1.82) is 0 Å². The second-order valence-electron chi connectivity index (χ2n) is 5.03. The minimum absolute atomic E-state index is 0.0297. The van der Waals surface area contributed by atoms with E-state index in [2.05, 4.69) is 23.2 Å². The second-order valence-corrected chi connectivity index (χ2v) is 5.03. The number of hydrogen-bond donors (Lipinski definition) is 2. The highest BCUT2D eigenvalue weighted by atomic mass is 16.1. The Labute approximate surface area is 124 Å². The predicted octanol–water partition coefficient (Wildman–Crippen LogP) is 2.28. The SMILES string of the molecule is NCC#Cc1ccc(NC(=O)C2Cc3ccccc32)cc1. The van der Waals surface area contributed by atoms with E-state index in [0.29, 0.717) is 6.54 Å². The van der Waals surface area contributed by atoms with Crippen molar-refractivity contribution >= 4 is 11.6 Å². The number of nitrogens with one attached hydrogen (secondary N) is 1. The van der Waals surface area contributed by atoms with Crippen LogP contribution in [0.2, 0.25) is 0 Å². The Balaban J connectivity index is 1.66. The van der Waals surface area contributed by atoms with Crippen LogP contribution in [0.3, 0.4) is 0 Å². The minimum Gasteiger partial charge on any atom is -0.326 e. The summed E-state index contributed by atoms with van der Waals surface area (Å²) in [6, 6.07) is 15.6. The molecule has 1 amide bonds. The largest absolute Gasteiger partial charge is 0.326 e. The number of rotatable bonds is 2. The van der Waals surface area contributed by atoms with Crippen molar-refractivity contribution in [2.45, 2.75) is 12.3 Å². The Morgan fingerprint density at radius 1 is 1.19 bits per heavy atom. The molecule has 0 spiro atoms. The van der Waals surface area contributed by atoms with Gasteiger partial charge < -0.3 is 11.1 Å². The van der Waals surface area contributed by atoms with Gasteiger partial charge in [0.15, 0.2) is 0 Å². The van der Waals surface area contributed by atoms with E-state index in [0.717, 1.165) is 23.2 Å². The predicted molar refractivity (Wildman–Crippen MR) is 83.9 cm³/mol. The van der Waals surface area contributed by atoms with Gasteiger partial charge in [0.05, 0.1) is 12.5 Å². The third-order valence-corrected chi connectivity index (χ3v) is 3.66. The lowest BCUT2D eigenvalue weighted by atomic mass is 9.77. The molecular formula is C18H16N2O. The number of amides is 1. The lowest BCUT2D eigenvalue weighted by Gasteiger charge is -2.28. The summed E-state index contributed by atoms with van der Waals surface area (Å²) < 4.78 is 0. The van der Waals surface area contributed by atoms with Gasteiger partial charge in [0.2, 0.25) is 5.91 Å². The average Bonchev–Trinajstić information content (AvgIpc) is 2.48. The summed E-state index contributed by atoms with van der Waals surface area (Å²) in [5.41, 5.74) is 9.43. The molecule has 1 aliphatic carbocycles. The van der Waals surface area contributed by atoms with Crippen LogP contribution in [0.25, 0.3) is 0 Å². The molecule has 0 saturated heterocycles. The normalized spacial score (nSPS) is 15.2. The van der Waals surface area contributed by atoms with Crippen LogP contribution >= 0.6 is 0 Å². The fourth-order valence-corrected chi connectivity index (χ4v) is 2.51. The summed E-state index contributed by atoms with van der Waals surface area (Å²) in [5.74, 6) is 5.78. The molecule has 3 nitrogen and oxygen atoms in total. The fraction of sp³-hybridized carbons (Fsp3) is 0.167. The lowest BCUT2D eigenvalue weighted by Crippen LogP contribution is -2.30. The van der Waals surface area contributed by atoms with Gasteiger partial charge in [-0.05, 0) is 41.8 Å². The molecule has 0 saturated carbocycles. The van der Waals surface area contributed by atoms with Crippen LogP contribution in [0.1, 0.15) is 22.6 Å². The van der Waals surface area contributed by atoms with E-state index in [1.54, 1.807) is 0 Å². The van der Waals surface area contributed by atoms with E-state index >= 15 is 0 Å². The number of carbonyl (C=O) groups excluding carboxylic acids is 1. The molecule has 21 heavy (non-hydrogen) atoms. The molecule has 3 rings (SSSR count). The van der Waals surface area contributed by atoms with Crippen molar-refractivity contribution in [3.63, 3.8) is 0 Å². The fourth-order valence-electron chi connectivity index (χ4n) is 2.51. The molecule has 1 unspecified atom stereocenters. The highest BCUT2D eigenvalue weighted by Crippen LogP contribution is 2.35. The zero-order valence-electron chi connectivity index (χ0n) is 11.6. The van der Waals surface area contributed by atoms with Gasteiger partial charge in [0, 0.05) is 11.3 Å². The molecule has 0 fully saturated rings. The molecular weight excluding hydrogens is 260 g/mol. The summed E-state index contributed by atoms with van der Waals surface area (Å²) in [4.78, 5) is 12.3. The van der Waals surface area contributed by atoms with Crippen LogP contribution in [0, 0.1) is 11.8 Å². The molecule has 0 radical (unpaired) electrons. The molecule has 3 heteroatoms. The van der Waals surface area contributed by atoms with Crippen molar-refractivity contribution in [3.05, 3.63) is 65.2 Å². The van der Waals surface area contributed by atoms with Crippen LogP contribution in [0.4, 0.5) is 5.69 Å². The van der Waals surface area contributed by atoms with Crippen LogP contribution in [-0.2, 0) is 11.2 Å². The number of benzene rings is 2. The van der Waals surface area contributed by atoms with Gasteiger partial charge in [0.1, 0.15) is 0 Å². The lowest BCUT2D eigenvalue weighted by molar-refractivity contribution is -0.118. The van der Waals surface area contributed by atoms with Gasteiger partial charge in [-0.15, -0.1) is 0 Å². The monoisotopic (exact) mass is 276 g/mol. The molecule has 1 atom stereocenters. The molecule has 0 aliphatic heterocycles. The topological polar surface area (TPSA) is 55.1 Å². The van der Waals surface area contributed by atoms with E-state index in [1.807, 2.05) is 42.5 Å². The van der Waals surface area contributed by atoms with Gasteiger partial charge >= 0.3 is 0 Å². The Hall–Kier alpha value is -2.57. The maximum atomic E-state index is 12.3. The van der Waals surface area contributed by atoms with Crippen LogP contribution in [0.5, 0.6) is 0 Å². The average molecular weight is 276 g/mol. The van der Waals surface area contributed by atoms with Gasteiger partial charge in [-0.1, -0.05) is 36.1 Å². The standard InChI is InChI=1S/C18H16N2O/c19-11-3-4-13-7-9-15(10-8-13)20-18(21)17-12-14-5-1-2-6-16(14)17/h1-2,5-10,17H,11-12,19H2,(H,20,21). The zero-order chi connectivity index (χ0) is 14.7. The molecule has 104 valence electrons. The van der Waals surface area contributed by atoms with Crippen molar-refractivity contribution in [3.8, 4) is 11.8 Å². The number of anilines is 1. The van der Waals surface area contributed by atoms with Crippen molar-refractivity contribution in [2.24, 2.45) is 5.73 Å². The van der Waals surface area contributed by atoms with Gasteiger partial charge in [-0.25, -0.2) is 0 Å². The van der Waals surface area contributed by atoms with Gasteiger partial charge in [-0.3, -0.25) is 4.79 Å². The summed E-state index contributed by atoms with van der Waals surface area (Å²) in [6.07, 6.45) is 0.821. The summed E-state index contributed by atoms with van der Waals surface area (Å²) in [6.45, 7) is 0.347. The van der Waals surface area contributed by atoms with E-state index in [9.17, 15) is 4.79 Å². The Morgan fingerprint density at radius 3 is 2.67 bits per heavy atom. The number of fused-ring (bicyclic) bond motifs is 1. The van der Waals surface area contributed by atoms with E-state index in [4.69, 9.17) is 5.73 Å². The van der Waals surface area contributed by atoms with Gasteiger partial charge in [0.25, 0.3) is 0 Å². The molecule has 0 aromatic heterocycles. The van der Waals surface area contributed by atoms with Crippen LogP contribution in [0.15, 0.2) is 48.5 Å². The zero-order valence-corrected chi connectivity index (χ0v) is 11.6. The number of nitrogens with two attached hydrogens (primary N) is 1. The molecule has 0 bridgehead atoms. The van der Waals surface area contributed by atoms with E-state index in [1.165, 1.54) is 5.56 Å². The maximum absolute atomic E-state index is 12.3. The summed E-state index contributed by atoms with van der Waals surface area (Å²) >= 11 is 0. The first-order valence-electron chi connectivity index (χ1n) is 6.95. The third-order valence-electron chi connectivity index (χ3n) is 3.66. The highest BCUT2D eigenvalue weighted by Gasteiger charge is 2.31. The summed E-state index contributed by atoms with van der Waals surface area (Å²) in [7, 11) is 0. The molecule has 1 aliphatic rings. The highest BCUT2D eigenvalue weighted by molar-refractivity contribution is 5.97. The van der Waals surface area contributed by atoms with Crippen molar-refractivity contribution in [2.75, 3.05) is 11.9 Å². The molecule has 2 aromatic carbocycles. The minimum atomic E-state index is -0.0297. The molecule has 0 heterocycles. The first kappa shape index (κ1) is 13.4. The Morgan fingerprint density at radius 2 is 1.95 bits per heavy atom. The smallest absolute Gasteiger partial charge is 0.232 e. The second kappa shape index (κ2) is 5.82. The summed E-state index contributed by atoms with van der Waals surface area (Å²) in [5, 5.41) is 2.96. The molecule has 2 aromatic rings. The maximum Gasteiger partial charge on any atom is 0.232 e. The van der Waals surface area contributed by atoms with Crippen LogP contribution in [-0.4, -0.2) is 12.5 Å². The van der Waals surface area contributed by atoms with Crippen molar-refractivity contribution in [1.82, 2.24) is 0 Å². The third kappa shape index (κ3) is 2.81. The van der Waals surface area contributed by atoms with Gasteiger partial charge in [-0.2, -0.15) is 0 Å². The quantitative estimate of drug-likeness (QED) is 0.827. The first-order valence-corrected chi connectivity index (χ1v) is 6.95.